The van der Waals surface area contributed by atoms with Crippen LogP contribution in [-0.2, 0) is 4.79 Å². The molecule has 0 aliphatic carbocycles. The lowest BCUT2D eigenvalue weighted by Crippen LogP contribution is -2.52. The van der Waals surface area contributed by atoms with Crippen LogP contribution in [0.25, 0.3) is 0 Å². The zero-order chi connectivity index (χ0) is 18.7. The molecule has 0 bridgehead atoms. The number of piperidine rings is 2. The number of carbonyl (C=O) groups excluding carboxylic acids is 1. The van der Waals surface area contributed by atoms with Crippen LogP contribution in [0.5, 0.6) is 0 Å². The number of aliphatic carboxylic acids is 1. The highest BCUT2D eigenvalue weighted by Gasteiger charge is 2.30. The number of carboxylic acid groups (broad SMARTS) is 1. The van der Waals surface area contributed by atoms with Crippen molar-refractivity contribution in [2.45, 2.75) is 45.6 Å². The number of carbonyl (C=O) groups is 2. The van der Waals surface area contributed by atoms with Gasteiger partial charge in [0.1, 0.15) is 11.6 Å². The van der Waals surface area contributed by atoms with Gasteiger partial charge in [0, 0.05) is 44.0 Å². The first-order valence-electron chi connectivity index (χ1n) is 9.28. The Balaban J connectivity index is 1.50. The largest absolute Gasteiger partial charge is 0.481 e. The van der Waals surface area contributed by atoms with Gasteiger partial charge in [0.25, 0.3) is 0 Å². The van der Waals surface area contributed by atoms with Gasteiger partial charge in [-0.3, -0.25) is 4.79 Å². The Morgan fingerprint density at radius 3 is 2.54 bits per heavy atom. The molecule has 2 N–H and O–H groups in total. The van der Waals surface area contributed by atoms with E-state index in [-0.39, 0.29) is 12.1 Å². The topological polar surface area (TPSA) is 98.7 Å². The maximum atomic E-state index is 12.5. The van der Waals surface area contributed by atoms with E-state index in [1.807, 2.05) is 19.9 Å². The first-order chi connectivity index (χ1) is 12.4. The smallest absolute Gasteiger partial charge is 0.317 e. The number of anilines is 1. The van der Waals surface area contributed by atoms with Gasteiger partial charge in [-0.1, -0.05) is 0 Å². The summed E-state index contributed by atoms with van der Waals surface area (Å²) in [7, 11) is 0. The fourth-order valence-electron chi connectivity index (χ4n) is 3.74. The number of carboxylic acids is 1. The van der Waals surface area contributed by atoms with Crippen molar-refractivity contribution in [3.05, 3.63) is 17.6 Å². The maximum Gasteiger partial charge on any atom is 0.317 e. The minimum absolute atomic E-state index is 0.119. The molecule has 2 aliphatic rings. The van der Waals surface area contributed by atoms with Gasteiger partial charge in [0.05, 0.1) is 5.92 Å². The Bertz CT molecular complexity index is 653. The van der Waals surface area contributed by atoms with Gasteiger partial charge in [0.15, 0.2) is 0 Å². The monoisotopic (exact) mass is 361 g/mol. The van der Waals surface area contributed by atoms with Gasteiger partial charge in [-0.25, -0.2) is 14.8 Å². The van der Waals surface area contributed by atoms with Crippen LogP contribution in [0.2, 0.25) is 0 Å². The van der Waals surface area contributed by atoms with Crippen molar-refractivity contribution in [2.24, 2.45) is 5.92 Å². The van der Waals surface area contributed by atoms with E-state index in [2.05, 4.69) is 20.2 Å². The fraction of sp³-hybridized carbons (Fsp3) is 0.667. The number of amides is 2. The van der Waals surface area contributed by atoms with E-state index in [0.29, 0.717) is 19.5 Å². The van der Waals surface area contributed by atoms with Gasteiger partial charge in [-0.2, -0.15) is 0 Å². The van der Waals surface area contributed by atoms with Crippen molar-refractivity contribution in [3.63, 3.8) is 0 Å². The summed E-state index contributed by atoms with van der Waals surface area (Å²) in [6.07, 6.45) is 3.10. The Morgan fingerprint density at radius 1 is 1.15 bits per heavy atom. The van der Waals surface area contributed by atoms with Crippen molar-refractivity contribution in [2.75, 3.05) is 31.1 Å². The molecule has 2 amide bonds. The van der Waals surface area contributed by atoms with Crippen molar-refractivity contribution in [1.82, 2.24) is 20.2 Å². The van der Waals surface area contributed by atoms with E-state index in [9.17, 15) is 9.59 Å². The summed E-state index contributed by atoms with van der Waals surface area (Å²) >= 11 is 0. The standard InChI is InChI=1S/C18H27N5O3/c1-12-10-16(20-13(2)19-12)22-8-5-15(6-9-22)21-18(26)23-7-3-4-14(11-23)17(24)25/h10,14-15H,3-9,11H2,1-2H3,(H,21,26)(H,24,25). The van der Waals surface area contributed by atoms with Crippen LogP contribution in [0.3, 0.4) is 0 Å². The average molecular weight is 361 g/mol. The highest BCUT2D eigenvalue weighted by Crippen LogP contribution is 2.20. The lowest BCUT2D eigenvalue weighted by molar-refractivity contribution is -0.143. The number of aromatic nitrogens is 2. The van der Waals surface area contributed by atoms with Crippen molar-refractivity contribution in [1.29, 1.82) is 0 Å². The minimum Gasteiger partial charge on any atom is -0.481 e. The van der Waals surface area contributed by atoms with Crippen LogP contribution >= 0.6 is 0 Å². The van der Waals surface area contributed by atoms with Crippen LogP contribution in [0.1, 0.15) is 37.2 Å². The van der Waals surface area contributed by atoms with Gasteiger partial charge in [0.2, 0.25) is 0 Å². The summed E-state index contributed by atoms with van der Waals surface area (Å²) in [6.45, 7) is 6.46. The van der Waals surface area contributed by atoms with Crippen molar-refractivity contribution in [3.8, 4) is 0 Å². The summed E-state index contributed by atoms with van der Waals surface area (Å²) in [5.41, 5.74) is 0.959. The molecular formula is C18H27N5O3. The summed E-state index contributed by atoms with van der Waals surface area (Å²) in [5, 5.41) is 12.2. The number of hydrogen-bond donors (Lipinski definition) is 2. The molecule has 2 saturated heterocycles. The molecule has 142 valence electrons. The molecule has 0 radical (unpaired) electrons. The van der Waals surface area contributed by atoms with Crippen LogP contribution in [0.4, 0.5) is 10.6 Å². The maximum absolute atomic E-state index is 12.5. The van der Waals surface area contributed by atoms with E-state index < -0.39 is 11.9 Å². The van der Waals surface area contributed by atoms with Crippen LogP contribution in [0.15, 0.2) is 6.07 Å². The van der Waals surface area contributed by atoms with Gasteiger partial charge >= 0.3 is 12.0 Å². The summed E-state index contributed by atoms with van der Waals surface area (Å²) in [4.78, 5) is 36.3. The van der Waals surface area contributed by atoms with E-state index in [4.69, 9.17) is 5.11 Å². The molecule has 0 saturated carbocycles. The van der Waals surface area contributed by atoms with Gasteiger partial charge < -0.3 is 20.2 Å². The Labute approximate surface area is 153 Å². The first kappa shape index (κ1) is 18.4. The van der Waals surface area contributed by atoms with Gasteiger partial charge in [-0.05, 0) is 39.5 Å². The lowest BCUT2D eigenvalue weighted by Gasteiger charge is -2.36. The van der Waals surface area contributed by atoms with Gasteiger partial charge in [-0.15, -0.1) is 0 Å². The highest BCUT2D eigenvalue weighted by atomic mass is 16.4. The van der Waals surface area contributed by atoms with Crippen LogP contribution < -0.4 is 10.2 Å². The molecule has 1 aromatic rings. The number of rotatable bonds is 3. The second-order valence-corrected chi connectivity index (χ2v) is 7.25. The zero-order valence-corrected chi connectivity index (χ0v) is 15.4. The molecule has 1 unspecified atom stereocenters. The number of aryl methyl sites for hydroxylation is 2. The number of nitrogens with one attached hydrogen (secondary N) is 1. The van der Waals surface area contributed by atoms with E-state index in [1.54, 1.807) is 4.90 Å². The predicted molar refractivity (Wildman–Crippen MR) is 97.2 cm³/mol. The number of nitrogens with zero attached hydrogens (tertiary/aromatic N) is 4. The third kappa shape index (κ3) is 4.42. The molecule has 2 fully saturated rings. The number of hydrogen-bond acceptors (Lipinski definition) is 5. The molecule has 8 heteroatoms. The first-order valence-corrected chi connectivity index (χ1v) is 9.28. The van der Waals surface area contributed by atoms with E-state index in [1.165, 1.54) is 0 Å². The molecule has 0 spiro atoms. The minimum atomic E-state index is -0.814. The average Bonchev–Trinajstić information content (AvgIpc) is 2.61. The van der Waals surface area contributed by atoms with E-state index >= 15 is 0 Å². The fourth-order valence-corrected chi connectivity index (χ4v) is 3.74. The lowest BCUT2D eigenvalue weighted by atomic mass is 9.98. The Morgan fingerprint density at radius 2 is 1.88 bits per heavy atom. The van der Waals surface area contributed by atoms with Crippen LogP contribution in [-0.4, -0.2) is 64.2 Å². The summed E-state index contributed by atoms with van der Waals surface area (Å²) in [6, 6.07) is 1.97. The molecular weight excluding hydrogens is 334 g/mol. The molecule has 3 heterocycles. The Hall–Kier alpha value is -2.38. The van der Waals surface area contributed by atoms with Crippen molar-refractivity contribution >= 4 is 17.8 Å². The highest BCUT2D eigenvalue weighted by molar-refractivity contribution is 5.76. The summed E-state index contributed by atoms with van der Waals surface area (Å²) < 4.78 is 0. The molecule has 26 heavy (non-hydrogen) atoms. The zero-order valence-electron chi connectivity index (χ0n) is 15.4. The second kappa shape index (κ2) is 7.88. The second-order valence-electron chi connectivity index (χ2n) is 7.25. The SMILES string of the molecule is Cc1cc(N2CCC(NC(=O)N3CCCC(C(=O)O)C3)CC2)nc(C)n1. The van der Waals surface area contributed by atoms with Crippen molar-refractivity contribution < 1.29 is 14.7 Å². The molecule has 2 aliphatic heterocycles. The molecule has 0 aromatic carbocycles. The number of urea groups is 1. The normalized spacial score (nSPS) is 21.5. The third-order valence-electron chi connectivity index (χ3n) is 5.16. The molecule has 1 aromatic heterocycles. The summed E-state index contributed by atoms with van der Waals surface area (Å²) in [5.74, 6) is 0.459. The quantitative estimate of drug-likeness (QED) is 0.848. The molecule has 8 nitrogen and oxygen atoms in total. The third-order valence-corrected chi connectivity index (χ3v) is 5.16. The van der Waals surface area contributed by atoms with E-state index in [0.717, 1.165) is 49.7 Å². The molecule has 3 rings (SSSR count). The number of likely N-dealkylation sites (tertiary alicyclic amines) is 1. The molecule has 1 atom stereocenters. The predicted octanol–water partition coefficient (Wildman–Crippen LogP) is 1.57. The van der Waals surface area contributed by atoms with Crippen LogP contribution in [0, 0.1) is 19.8 Å². The Kier molecular flexibility index (Phi) is 5.58.